The quantitative estimate of drug-likeness (QED) is 0.573. The third-order valence-electron chi connectivity index (χ3n) is 5.15. The van der Waals surface area contributed by atoms with Gasteiger partial charge in [-0.1, -0.05) is 18.2 Å². The lowest BCUT2D eigenvalue weighted by Crippen LogP contribution is -2.50. The number of H-pyrrole nitrogens is 1. The van der Waals surface area contributed by atoms with Crippen molar-refractivity contribution in [1.29, 1.82) is 0 Å². The predicted octanol–water partition coefficient (Wildman–Crippen LogP) is -0.0232. The number of hydrogen-bond donors (Lipinski definition) is 1. The highest BCUT2D eigenvalue weighted by molar-refractivity contribution is 5.82. The first-order chi connectivity index (χ1) is 15.0. The van der Waals surface area contributed by atoms with E-state index in [1.165, 1.54) is 0 Å². The molecule has 10 heteroatoms. The van der Waals surface area contributed by atoms with Gasteiger partial charge in [0.05, 0.1) is 10.9 Å². The summed E-state index contributed by atoms with van der Waals surface area (Å²) in [5, 5.41) is 0.289. The first-order valence-corrected chi connectivity index (χ1v) is 9.84. The molecule has 31 heavy (non-hydrogen) atoms. The molecule has 1 aliphatic heterocycles. The Morgan fingerprint density at radius 1 is 1.00 bits per heavy atom. The summed E-state index contributed by atoms with van der Waals surface area (Å²) in [6.07, 6.45) is 1.73. The lowest BCUT2D eigenvalue weighted by Gasteiger charge is -2.35. The summed E-state index contributed by atoms with van der Waals surface area (Å²) < 4.78 is 6.22. The van der Waals surface area contributed by atoms with Crippen molar-refractivity contribution >= 4 is 28.6 Å². The highest BCUT2D eigenvalue weighted by atomic mass is 16.5. The minimum atomic E-state index is -0.736. The number of carbonyl (C=O) groups excluding carboxylic acids is 2. The number of nitrogens with one attached hydrogen (secondary N) is 1. The molecule has 1 aliphatic rings. The molecule has 2 aromatic heterocycles. The topological polar surface area (TPSA) is 118 Å². The SMILES string of the molecule is O=C(Cn1c(=O)[nH]c(=O)c2ccccc21)OCC(=O)N1CCN(c2ccccn2)CC1. The molecule has 10 nitrogen and oxygen atoms in total. The van der Waals surface area contributed by atoms with Gasteiger partial charge in [-0.15, -0.1) is 0 Å². The Morgan fingerprint density at radius 3 is 2.48 bits per heavy atom. The number of ether oxygens (including phenoxy) is 1. The van der Waals surface area contributed by atoms with Gasteiger partial charge in [0.15, 0.2) is 6.61 Å². The van der Waals surface area contributed by atoms with Crippen molar-refractivity contribution in [3.63, 3.8) is 0 Å². The number of aromatic nitrogens is 3. The second-order valence-electron chi connectivity index (χ2n) is 7.08. The molecular formula is C21H21N5O5. The Labute approximate surface area is 176 Å². The lowest BCUT2D eigenvalue weighted by molar-refractivity contribution is -0.152. The van der Waals surface area contributed by atoms with Gasteiger partial charge in [-0.3, -0.25) is 23.9 Å². The third-order valence-corrected chi connectivity index (χ3v) is 5.15. The van der Waals surface area contributed by atoms with E-state index in [1.54, 1.807) is 35.4 Å². The predicted molar refractivity (Wildman–Crippen MR) is 113 cm³/mol. The van der Waals surface area contributed by atoms with E-state index in [0.29, 0.717) is 31.7 Å². The highest BCUT2D eigenvalue weighted by Crippen LogP contribution is 2.12. The van der Waals surface area contributed by atoms with E-state index in [1.807, 2.05) is 18.2 Å². The van der Waals surface area contributed by atoms with Crippen molar-refractivity contribution in [1.82, 2.24) is 19.4 Å². The standard InChI is InChI=1S/C21H21N5O5/c27-18(25-11-9-24(10-12-25)17-7-3-4-8-22-17)14-31-19(28)13-26-16-6-2-1-5-15(16)20(29)23-21(26)30/h1-8H,9-14H2,(H,23,29,30). The number of hydrogen-bond acceptors (Lipinski definition) is 7. The zero-order valence-electron chi connectivity index (χ0n) is 16.7. The summed E-state index contributed by atoms with van der Waals surface area (Å²) in [5.41, 5.74) is -0.909. The number of para-hydroxylation sites is 1. The maximum atomic E-state index is 12.4. The van der Waals surface area contributed by atoms with Crippen LogP contribution in [0.25, 0.3) is 10.9 Å². The van der Waals surface area contributed by atoms with Gasteiger partial charge in [0, 0.05) is 32.4 Å². The van der Waals surface area contributed by atoms with Crippen LogP contribution in [0.2, 0.25) is 0 Å². The second kappa shape index (κ2) is 8.82. The number of amides is 1. The fourth-order valence-electron chi connectivity index (χ4n) is 3.53. The minimum absolute atomic E-state index is 0.289. The fraction of sp³-hybridized carbons (Fsp3) is 0.286. The van der Waals surface area contributed by atoms with Crippen molar-refractivity contribution in [2.75, 3.05) is 37.7 Å². The summed E-state index contributed by atoms with van der Waals surface area (Å²) in [7, 11) is 0. The zero-order chi connectivity index (χ0) is 21.8. The first-order valence-electron chi connectivity index (χ1n) is 9.84. The van der Waals surface area contributed by atoms with Crippen LogP contribution < -0.4 is 16.1 Å². The van der Waals surface area contributed by atoms with E-state index in [9.17, 15) is 19.2 Å². The average molecular weight is 423 g/mol. The summed E-state index contributed by atoms with van der Waals surface area (Å²) in [6, 6.07) is 12.1. The Bertz CT molecular complexity index is 1210. The van der Waals surface area contributed by atoms with Crippen LogP contribution in [-0.2, 0) is 20.9 Å². The van der Waals surface area contributed by atoms with Crippen molar-refractivity contribution in [3.8, 4) is 0 Å². The maximum Gasteiger partial charge on any atom is 0.329 e. The number of piperazine rings is 1. The van der Waals surface area contributed by atoms with Crippen LogP contribution in [0.5, 0.6) is 0 Å². The van der Waals surface area contributed by atoms with E-state index in [0.717, 1.165) is 10.4 Å². The van der Waals surface area contributed by atoms with Crippen molar-refractivity contribution in [3.05, 3.63) is 69.5 Å². The summed E-state index contributed by atoms with van der Waals surface area (Å²) >= 11 is 0. The fourth-order valence-corrected chi connectivity index (χ4v) is 3.53. The molecular weight excluding hydrogens is 402 g/mol. The van der Waals surface area contributed by atoms with E-state index in [2.05, 4.69) is 14.9 Å². The Hall–Kier alpha value is -3.95. The molecule has 1 N–H and O–H groups in total. The van der Waals surface area contributed by atoms with Crippen LogP contribution in [0.3, 0.4) is 0 Å². The van der Waals surface area contributed by atoms with Gasteiger partial charge in [-0.05, 0) is 24.3 Å². The van der Waals surface area contributed by atoms with Gasteiger partial charge < -0.3 is 14.5 Å². The monoisotopic (exact) mass is 423 g/mol. The molecule has 1 saturated heterocycles. The number of rotatable bonds is 5. The Kier molecular flexibility index (Phi) is 5.78. The minimum Gasteiger partial charge on any atom is -0.454 e. The van der Waals surface area contributed by atoms with Crippen molar-refractivity contribution in [2.45, 2.75) is 6.54 Å². The Balaban J connectivity index is 1.33. The molecule has 0 spiro atoms. The molecule has 0 unspecified atom stereocenters. The molecule has 160 valence electrons. The van der Waals surface area contributed by atoms with E-state index >= 15 is 0 Å². The van der Waals surface area contributed by atoms with E-state index in [4.69, 9.17) is 4.74 Å². The smallest absolute Gasteiger partial charge is 0.329 e. The third kappa shape index (κ3) is 4.47. The molecule has 0 radical (unpaired) electrons. The number of nitrogens with zero attached hydrogens (tertiary/aromatic N) is 4. The van der Waals surface area contributed by atoms with Crippen molar-refractivity contribution in [2.24, 2.45) is 0 Å². The first kappa shape index (κ1) is 20.3. The number of aromatic amines is 1. The second-order valence-corrected chi connectivity index (χ2v) is 7.08. The highest BCUT2D eigenvalue weighted by Gasteiger charge is 2.23. The lowest BCUT2D eigenvalue weighted by atomic mass is 10.2. The largest absolute Gasteiger partial charge is 0.454 e. The molecule has 3 heterocycles. The molecule has 1 amide bonds. The molecule has 3 aromatic rings. The number of pyridine rings is 1. The van der Waals surface area contributed by atoms with Gasteiger partial charge in [-0.2, -0.15) is 0 Å². The molecule has 0 saturated carbocycles. The zero-order valence-corrected chi connectivity index (χ0v) is 16.7. The van der Waals surface area contributed by atoms with Crippen molar-refractivity contribution < 1.29 is 14.3 Å². The summed E-state index contributed by atoms with van der Waals surface area (Å²) in [6.45, 7) is 1.45. The molecule has 0 bridgehead atoms. The van der Waals surface area contributed by atoms with Crippen LogP contribution in [0, 0.1) is 0 Å². The summed E-state index contributed by atoms with van der Waals surface area (Å²) in [5.74, 6) is -0.174. The van der Waals surface area contributed by atoms with Crippen LogP contribution in [0.4, 0.5) is 5.82 Å². The maximum absolute atomic E-state index is 12.4. The number of anilines is 1. The number of benzene rings is 1. The normalized spacial score (nSPS) is 13.9. The Morgan fingerprint density at radius 2 is 1.74 bits per heavy atom. The molecule has 0 aliphatic carbocycles. The van der Waals surface area contributed by atoms with Crippen LogP contribution in [0.1, 0.15) is 0 Å². The summed E-state index contributed by atoms with van der Waals surface area (Å²) in [4.78, 5) is 58.9. The van der Waals surface area contributed by atoms with Gasteiger partial charge in [0.1, 0.15) is 12.4 Å². The molecule has 0 atom stereocenters. The van der Waals surface area contributed by atoms with E-state index < -0.39 is 30.4 Å². The average Bonchev–Trinajstić information content (AvgIpc) is 2.81. The van der Waals surface area contributed by atoms with Crippen LogP contribution in [-0.4, -0.2) is 64.1 Å². The van der Waals surface area contributed by atoms with Gasteiger partial charge >= 0.3 is 11.7 Å². The molecule has 4 rings (SSSR count). The van der Waals surface area contributed by atoms with Gasteiger partial charge in [-0.25, -0.2) is 9.78 Å². The molecule has 1 fully saturated rings. The number of esters is 1. The van der Waals surface area contributed by atoms with Crippen LogP contribution >= 0.6 is 0 Å². The van der Waals surface area contributed by atoms with E-state index in [-0.39, 0.29) is 11.3 Å². The molecule has 1 aromatic carbocycles. The van der Waals surface area contributed by atoms with Crippen LogP contribution in [0.15, 0.2) is 58.3 Å². The van der Waals surface area contributed by atoms with Gasteiger partial charge in [0.2, 0.25) is 0 Å². The number of carbonyl (C=O) groups is 2. The number of fused-ring (bicyclic) bond motifs is 1. The van der Waals surface area contributed by atoms with Gasteiger partial charge in [0.25, 0.3) is 11.5 Å².